The number of nitrogens with zero attached hydrogens (tertiary/aromatic N) is 2. The van der Waals surface area contributed by atoms with Gasteiger partial charge in [-0.25, -0.2) is 9.78 Å². The Balaban J connectivity index is 2.59. The average molecular weight is 297 g/mol. The Morgan fingerprint density at radius 1 is 1.45 bits per heavy atom. The summed E-state index contributed by atoms with van der Waals surface area (Å²) < 4.78 is 11.9. The van der Waals surface area contributed by atoms with E-state index in [2.05, 4.69) is 4.98 Å². The van der Waals surface area contributed by atoms with E-state index in [4.69, 9.17) is 21.1 Å². The number of aromatic nitrogens is 2. The molecule has 0 amide bonds. The van der Waals surface area contributed by atoms with Crippen LogP contribution in [0, 0.1) is 0 Å². The average Bonchev–Trinajstić information content (AvgIpc) is 2.82. The molecule has 0 radical (unpaired) electrons. The molecule has 2 aromatic rings. The maximum Gasteiger partial charge on any atom is 0.328 e. The van der Waals surface area contributed by atoms with E-state index in [1.54, 1.807) is 14.0 Å². The summed E-state index contributed by atoms with van der Waals surface area (Å²) in [4.78, 5) is 16.3. The minimum Gasteiger partial charge on any atom is -0.497 e. The number of hydrogen-bond acceptors (Lipinski definition) is 4. The van der Waals surface area contributed by atoms with Gasteiger partial charge in [0, 0.05) is 18.4 Å². The van der Waals surface area contributed by atoms with Crippen molar-refractivity contribution in [2.75, 3.05) is 20.1 Å². The first kappa shape index (κ1) is 14.7. The van der Waals surface area contributed by atoms with Gasteiger partial charge in [-0.05, 0) is 19.1 Å². The number of rotatable bonds is 5. The molecule has 1 unspecified atom stereocenters. The number of fused-ring (bicyclic) bond motifs is 1. The summed E-state index contributed by atoms with van der Waals surface area (Å²) in [7, 11) is 2.98. The molecule has 0 aliphatic rings. The van der Waals surface area contributed by atoms with Crippen LogP contribution in [0.1, 0.15) is 18.8 Å². The number of hydrogen-bond donors (Lipinski definition) is 0. The lowest BCUT2D eigenvalue weighted by molar-refractivity contribution is -0.143. The molecule has 0 aliphatic heterocycles. The Morgan fingerprint density at radius 2 is 2.20 bits per heavy atom. The Kier molecular flexibility index (Phi) is 4.49. The first-order chi connectivity index (χ1) is 9.62. The van der Waals surface area contributed by atoms with Crippen LogP contribution in [0.25, 0.3) is 11.0 Å². The molecule has 0 N–H and O–H groups in total. The maximum absolute atomic E-state index is 11.8. The minimum atomic E-state index is -0.448. The van der Waals surface area contributed by atoms with Crippen molar-refractivity contribution in [2.24, 2.45) is 0 Å². The van der Waals surface area contributed by atoms with E-state index >= 15 is 0 Å². The highest BCUT2D eigenvalue weighted by atomic mass is 35.5. The fraction of sp³-hybridized carbons (Fsp3) is 0.429. The number of imidazole rings is 1. The van der Waals surface area contributed by atoms with E-state index in [0.29, 0.717) is 12.3 Å². The van der Waals surface area contributed by atoms with Crippen LogP contribution in [0.3, 0.4) is 0 Å². The Labute approximate surface area is 122 Å². The van der Waals surface area contributed by atoms with Crippen LogP contribution in [-0.2, 0) is 16.0 Å². The molecular weight excluding hydrogens is 280 g/mol. The molecule has 108 valence electrons. The minimum absolute atomic E-state index is 0.309. The molecule has 1 aromatic heterocycles. The fourth-order valence-electron chi connectivity index (χ4n) is 2.22. The number of carbonyl (C=O) groups is 1. The zero-order valence-corrected chi connectivity index (χ0v) is 12.5. The predicted octanol–water partition coefficient (Wildman–Crippen LogP) is 2.56. The lowest BCUT2D eigenvalue weighted by Crippen LogP contribution is -2.20. The second-order valence-electron chi connectivity index (χ2n) is 4.39. The zero-order valence-electron chi connectivity index (χ0n) is 11.7. The second-order valence-corrected chi connectivity index (χ2v) is 4.77. The topological polar surface area (TPSA) is 53.4 Å². The molecule has 5 nitrogen and oxygen atoms in total. The summed E-state index contributed by atoms with van der Waals surface area (Å²) >= 11 is 5.82. The van der Waals surface area contributed by atoms with Crippen LogP contribution in [-0.4, -0.2) is 35.6 Å². The summed E-state index contributed by atoms with van der Waals surface area (Å²) in [5.41, 5.74) is 1.64. The number of carbonyl (C=O) groups excluding carboxylic acids is 1. The highest BCUT2D eigenvalue weighted by molar-refractivity contribution is 6.17. The molecule has 20 heavy (non-hydrogen) atoms. The summed E-state index contributed by atoms with van der Waals surface area (Å²) in [6.07, 6.45) is 0.583. The van der Waals surface area contributed by atoms with Crippen molar-refractivity contribution in [1.82, 2.24) is 9.55 Å². The van der Waals surface area contributed by atoms with Gasteiger partial charge in [0.1, 0.15) is 17.6 Å². The summed E-state index contributed by atoms with van der Waals surface area (Å²) in [6, 6.07) is 5.12. The van der Waals surface area contributed by atoms with Gasteiger partial charge in [-0.1, -0.05) is 0 Å². The number of methoxy groups -OCH3 is 2. The van der Waals surface area contributed by atoms with Gasteiger partial charge in [-0.3, -0.25) is 0 Å². The zero-order chi connectivity index (χ0) is 14.7. The Hall–Kier alpha value is -1.75. The van der Waals surface area contributed by atoms with Crippen LogP contribution in [0.4, 0.5) is 0 Å². The molecule has 0 saturated heterocycles. The number of halogens is 1. The maximum atomic E-state index is 11.8. The number of aryl methyl sites for hydroxylation is 1. The quantitative estimate of drug-likeness (QED) is 0.628. The van der Waals surface area contributed by atoms with Gasteiger partial charge in [0.25, 0.3) is 0 Å². The molecule has 1 heterocycles. The normalized spacial score (nSPS) is 12.4. The van der Waals surface area contributed by atoms with Gasteiger partial charge < -0.3 is 14.0 Å². The van der Waals surface area contributed by atoms with Crippen LogP contribution < -0.4 is 4.74 Å². The van der Waals surface area contributed by atoms with Gasteiger partial charge in [-0.2, -0.15) is 0 Å². The van der Waals surface area contributed by atoms with Crippen LogP contribution >= 0.6 is 11.6 Å². The van der Waals surface area contributed by atoms with E-state index < -0.39 is 6.04 Å². The number of ether oxygens (including phenoxy) is 2. The van der Waals surface area contributed by atoms with E-state index in [1.165, 1.54) is 7.11 Å². The monoisotopic (exact) mass is 296 g/mol. The molecule has 1 atom stereocenters. The van der Waals surface area contributed by atoms with Gasteiger partial charge >= 0.3 is 5.97 Å². The first-order valence-electron chi connectivity index (χ1n) is 6.31. The van der Waals surface area contributed by atoms with Crippen molar-refractivity contribution in [3.8, 4) is 5.75 Å². The van der Waals surface area contributed by atoms with Crippen molar-refractivity contribution < 1.29 is 14.3 Å². The van der Waals surface area contributed by atoms with Gasteiger partial charge in [-0.15, -0.1) is 11.6 Å². The SMILES string of the molecule is COC(=O)C(C)n1c(CCCl)nc2cc(OC)ccc21. The lowest BCUT2D eigenvalue weighted by Gasteiger charge is -2.15. The molecule has 0 aliphatic carbocycles. The molecule has 0 bridgehead atoms. The molecule has 6 heteroatoms. The Morgan fingerprint density at radius 3 is 2.80 bits per heavy atom. The van der Waals surface area contributed by atoms with Crippen molar-refractivity contribution in [2.45, 2.75) is 19.4 Å². The summed E-state index contributed by atoms with van der Waals surface area (Å²) in [6.45, 7) is 1.79. The predicted molar refractivity (Wildman–Crippen MR) is 77.4 cm³/mol. The number of esters is 1. The standard InChI is InChI=1S/C14H17ClN2O3/c1-9(14(18)20-3)17-12-5-4-10(19-2)8-11(12)16-13(17)6-7-15/h4-5,8-9H,6-7H2,1-3H3. The number of benzene rings is 1. The summed E-state index contributed by atoms with van der Waals surface area (Å²) in [5.74, 6) is 1.62. The second kappa shape index (κ2) is 6.13. The molecule has 1 aromatic carbocycles. The van der Waals surface area contributed by atoms with Crippen molar-refractivity contribution >= 4 is 28.6 Å². The van der Waals surface area contributed by atoms with E-state index in [0.717, 1.165) is 22.6 Å². The van der Waals surface area contributed by atoms with Gasteiger partial charge in [0.2, 0.25) is 0 Å². The van der Waals surface area contributed by atoms with Crippen molar-refractivity contribution in [3.05, 3.63) is 24.0 Å². The third kappa shape index (κ3) is 2.58. The van der Waals surface area contributed by atoms with Gasteiger partial charge in [0.05, 0.1) is 25.3 Å². The van der Waals surface area contributed by atoms with E-state index in [-0.39, 0.29) is 5.97 Å². The molecule has 0 saturated carbocycles. The van der Waals surface area contributed by atoms with Gasteiger partial charge in [0.15, 0.2) is 0 Å². The lowest BCUT2D eigenvalue weighted by atomic mass is 10.2. The smallest absolute Gasteiger partial charge is 0.328 e. The van der Waals surface area contributed by atoms with E-state index in [9.17, 15) is 4.79 Å². The molecule has 0 spiro atoms. The van der Waals surface area contributed by atoms with E-state index in [1.807, 2.05) is 22.8 Å². The van der Waals surface area contributed by atoms with Crippen LogP contribution in [0.15, 0.2) is 18.2 Å². The van der Waals surface area contributed by atoms with Crippen molar-refractivity contribution in [3.63, 3.8) is 0 Å². The van der Waals surface area contributed by atoms with Crippen LogP contribution in [0.5, 0.6) is 5.75 Å². The largest absolute Gasteiger partial charge is 0.497 e. The van der Waals surface area contributed by atoms with Crippen LogP contribution in [0.2, 0.25) is 0 Å². The summed E-state index contributed by atoms with van der Waals surface area (Å²) in [5, 5.41) is 0. The molecular formula is C14H17ClN2O3. The Bertz CT molecular complexity index is 624. The molecule has 0 fully saturated rings. The van der Waals surface area contributed by atoms with Crippen molar-refractivity contribution in [1.29, 1.82) is 0 Å². The number of alkyl halides is 1. The highest BCUT2D eigenvalue weighted by Gasteiger charge is 2.22. The fourth-order valence-corrected chi connectivity index (χ4v) is 2.39. The third-order valence-electron chi connectivity index (χ3n) is 3.22. The first-order valence-corrected chi connectivity index (χ1v) is 6.84. The third-order valence-corrected chi connectivity index (χ3v) is 3.41. The highest BCUT2D eigenvalue weighted by Crippen LogP contribution is 2.26. The molecule has 2 rings (SSSR count).